The summed E-state index contributed by atoms with van der Waals surface area (Å²) in [5.41, 5.74) is -20.7. The van der Waals surface area contributed by atoms with Gasteiger partial charge in [0.1, 0.15) is 11.1 Å². The Hall–Kier alpha value is -8.16. The third-order valence-electron chi connectivity index (χ3n) is 13.7. The molecular formula is C53H47F10N3O17S2. The summed E-state index contributed by atoms with van der Waals surface area (Å²) >= 11 is 0. The molecule has 0 radical (unpaired) electrons. The van der Waals surface area contributed by atoms with Crippen LogP contribution < -0.4 is 34.3 Å². The summed E-state index contributed by atoms with van der Waals surface area (Å²) in [6.45, 7) is 4.71. The molecule has 1 aromatic heterocycles. The zero-order chi connectivity index (χ0) is 62.1. The molecule has 2 N–H and O–H groups in total. The van der Waals surface area contributed by atoms with Crippen LogP contribution in [0, 0.1) is 23.3 Å². The number of nitrogens with one attached hydrogen (secondary N) is 2. The van der Waals surface area contributed by atoms with Crippen LogP contribution in [-0.4, -0.2) is 96.0 Å². The summed E-state index contributed by atoms with van der Waals surface area (Å²) < 4.78 is 225. The highest BCUT2D eigenvalue weighted by Gasteiger charge is 2.58. The number of anilines is 1. The maximum Gasteiger partial charge on any atom is 0.534 e. The average Bonchev–Trinajstić information content (AvgIpc) is 3.30. The predicted molar refractivity (Wildman–Crippen MR) is 272 cm³/mol. The van der Waals surface area contributed by atoms with Crippen molar-refractivity contribution in [1.29, 1.82) is 0 Å². The highest BCUT2D eigenvalue weighted by Crippen LogP contribution is 2.60. The number of amides is 2. The fraction of sp³-hybridized carbons (Fsp3) is 0.396. The van der Waals surface area contributed by atoms with Crippen molar-refractivity contribution in [3.8, 4) is 23.0 Å². The monoisotopic (exact) mass is 1250 g/mol. The minimum atomic E-state index is -6.91. The molecule has 2 amide bonds. The first-order chi connectivity index (χ1) is 39.9. The molecular weight excluding hydrogens is 1200 g/mol. The van der Waals surface area contributed by atoms with Crippen LogP contribution in [0.3, 0.4) is 0 Å². The Morgan fingerprint density at radius 3 is 1.64 bits per heavy atom. The number of fused-ring (bicyclic) bond motifs is 7. The second kappa shape index (κ2) is 24.4. The molecule has 4 aromatic carbocycles. The lowest BCUT2D eigenvalue weighted by molar-refractivity contribution is -0.144. The zero-order valence-electron chi connectivity index (χ0n) is 44.2. The molecule has 0 atom stereocenters. The van der Waals surface area contributed by atoms with Gasteiger partial charge in [-0.15, -0.1) is 0 Å². The predicted octanol–water partition coefficient (Wildman–Crippen LogP) is 9.12. The zero-order valence-corrected chi connectivity index (χ0v) is 45.9. The molecule has 1 aliphatic carbocycles. The number of halogens is 10. The maximum absolute atomic E-state index is 16.2. The van der Waals surface area contributed by atoms with Crippen LogP contribution in [0.5, 0.6) is 23.0 Å². The third kappa shape index (κ3) is 12.9. The quantitative estimate of drug-likeness (QED) is 0.0132. The van der Waals surface area contributed by atoms with Gasteiger partial charge in [0.25, 0.3) is 11.8 Å². The first-order valence-corrected chi connectivity index (χ1v) is 28.6. The number of hydrogen-bond donors (Lipinski definition) is 2. The van der Waals surface area contributed by atoms with E-state index in [-0.39, 0.29) is 93.7 Å². The summed E-state index contributed by atoms with van der Waals surface area (Å²) in [5, 5.41) is 5.85. The van der Waals surface area contributed by atoms with Gasteiger partial charge < -0.3 is 47.3 Å². The molecule has 0 bridgehead atoms. The largest absolute Gasteiger partial charge is 0.534 e. The summed E-state index contributed by atoms with van der Waals surface area (Å²) in [6.07, 6.45) is 3.89. The number of hydrogen-bond acceptors (Lipinski definition) is 18. The lowest BCUT2D eigenvalue weighted by Crippen LogP contribution is -2.44. The second-order valence-corrected chi connectivity index (χ2v) is 22.5. The number of ether oxygens (including phenoxy) is 4. The van der Waals surface area contributed by atoms with E-state index in [1.54, 1.807) is 17.0 Å². The van der Waals surface area contributed by atoms with Gasteiger partial charge in [0, 0.05) is 53.4 Å². The van der Waals surface area contributed by atoms with Gasteiger partial charge in [0.05, 0.1) is 42.7 Å². The minimum absolute atomic E-state index is 0.0108. The standard InChI is InChI=1S/C53H47F10N3O17S2/c1-3-5-19-77-39(67)15-17-66(18-16-40(68)78-20-6-4-2)30-13-7-26-21-32(49(71)79-38(26)23-30)48(70)65-29-11-9-28(10-12-29)64-47(69)27-8-14-33-31(22-27)50(72)81-51(33)34-24-36(54)45(82-84(73,74)52(58,59)60)41(56)43(34)80-44-35(51)25-37(55)46(42(44)57)83-85(75,76)53(61,62)63/h7-8,13-14,21-25,28-29H,3-6,9-12,15-20H2,1-2H3,(H,64,69)(H,65,70)/t28-,29-. The van der Waals surface area contributed by atoms with Gasteiger partial charge in [0.15, 0.2) is 28.7 Å². The molecule has 1 spiro atoms. The average molecular weight is 1250 g/mol. The molecule has 2 aliphatic heterocycles. The van der Waals surface area contributed by atoms with Crippen LogP contribution in [0.15, 0.2) is 63.8 Å². The summed E-state index contributed by atoms with van der Waals surface area (Å²) in [7, 11) is -13.8. The molecule has 0 saturated heterocycles. The van der Waals surface area contributed by atoms with Gasteiger partial charge in [-0.2, -0.15) is 52.0 Å². The van der Waals surface area contributed by atoms with Gasteiger partial charge >= 0.3 is 54.8 Å². The molecule has 32 heteroatoms. The lowest BCUT2D eigenvalue weighted by Gasteiger charge is -2.37. The highest BCUT2D eigenvalue weighted by atomic mass is 32.2. The number of benzene rings is 4. The Morgan fingerprint density at radius 1 is 0.659 bits per heavy atom. The van der Waals surface area contributed by atoms with E-state index in [1.165, 1.54) is 12.1 Å². The van der Waals surface area contributed by atoms with Crippen molar-refractivity contribution in [3.63, 3.8) is 0 Å². The maximum atomic E-state index is 16.2. The van der Waals surface area contributed by atoms with E-state index < -0.39 is 153 Å². The summed E-state index contributed by atoms with van der Waals surface area (Å²) in [4.78, 5) is 81.0. The van der Waals surface area contributed by atoms with Crippen molar-refractivity contribution >= 4 is 66.6 Å². The first-order valence-electron chi connectivity index (χ1n) is 25.8. The normalized spacial score (nSPS) is 16.3. The number of esters is 3. The Balaban J connectivity index is 0.986. The smallest absolute Gasteiger partial charge is 0.466 e. The number of carbonyl (C=O) groups is 5. The van der Waals surface area contributed by atoms with Crippen molar-refractivity contribution in [2.24, 2.45) is 0 Å². The number of rotatable bonds is 21. The molecule has 20 nitrogen and oxygen atoms in total. The van der Waals surface area contributed by atoms with E-state index in [2.05, 4.69) is 19.0 Å². The molecule has 1 fully saturated rings. The van der Waals surface area contributed by atoms with Crippen molar-refractivity contribution in [1.82, 2.24) is 10.6 Å². The molecule has 0 unspecified atom stereocenters. The van der Waals surface area contributed by atoms with Crippen molar-refractivity contribution in [2.75, 3.05) is 31.2 Å². The number of alkyl halides is 6. The Bertz CT molecular complexity index is 3660. The molecule has 1 saturated carbocycles. The molecule has 5 aromatic rings. The van der Waals surface area contributed by atoms with Crippen LogP contribution >= 0.6 is 0 Å². The lowest BCUT2D eigenvalue weighted by atomic mass is 9.77. The van der Waals surface area contributed by atoms with E-state index in [0.717, 1.165) is 31.0 Å². The van der Waals surface area contributed by atoms with E-state index in [4.69, 9.17) is 23.4 Å². The summed E-state index contributed by atoms with van der Waals surface area (Å²) in [6, 6.07) is 7.52. The van der Waals surface area contributed by atoms with Crippen LogP contribution in [0.2, 0.25) is 0 Å². The Kier molecular flexibility index (Phi) is 18.1. The minimum Gasteiger partial charge on any atom is -0.466 e. The van der Waals surface area contributed by atoms with E-state index >= 15 is 17.6 Å². The van der Waals surface area contributed by atoms with E-state index in [1.807, 2.05) is 13.8 Å². The Labute approximate surface area is 474 Å². The van der Waals surface area contributed by atoms with Crippen LogP contribution in [-0.2, 0) is 49.6 Å². The van der Waals surface area contributed by atoms with Gasteiger partial charge in [-0.3, -0.25) is 19.2 Å². The molecule has 3 aliphatic rings. The van der Waals surface area contributed by atoms with Crippen molar-refractivity contribution in [2.45, 2.75) is 107 Å². The molecule has 458 valence electrons. The fourth-order valence-corrected chi connectivity index (χ4v) is 10.3. The molecule has 3 heterocycles. The van der Waals surface area contributed by atoms with Crippen LogP contribution in [0.1, 0.15) is 126 Å². The van der Waals surface area contributed by atoms with Crippen molar-refractivity contribution in [3.05, 3.63) is 122 Å². The molecule has 85 heavy (non-hydrogen) atoms. The number of nitrogens with zero attached hydrogens (tertiary/aromatic N) is 1. The van der Waals surface area contributed by atoms with E-state index in [0.29, 0.717) is 23.9 Å². The second-order valence-electron chi connectivity index (χ2n) is 19.5. The number of unbranched alkanes of at least 4 members (excludes halogenated alkanes) is 2. The Morgan fingerprint density at radius 2 is 1.15 bits per heavy atom. The van der Waals surface area contributed by atoms with Gasteiger partial charge in [0.2, 0.25) is 23.1 Å². The van der Waals surface area contributed by atoms with Crippen LogP contribution in [0.4, 0.5) is 49.6 Å². The molecule has 8 rings (SSSR count). The number of carbonyl (C=O) groups excluding carboxylic acids is 5. The highest BCUT2D eigenvalue weighted by molar-refractivity contribution is 7.88. The van der Waals surface area contributed by atoms with Gasteiger partial charge in [-0.05, 0) is 81.0 Å². The van der Waals surface area contributed by atoms with Gasteiger partial charge in [-0.25, -0.2) is 18.4 Å². The SMILES string of the molecule is CCCCOC(=O)CCN(CCC(=O)OCCCC)c1ccc2cc(C(=O)N[C@H]3CC[C@H](NC(=O)c4ccc5c(c4)C(=O)OC54c5cc(F)c(OS(=O)(=O)C(F)(F)F)c(F)c5Oc5c4cc(F)c(OS(=O)(=O)C(F)(F)F)c5F)CC3)c(=O)oc2c1. The summed E-state index contributed by atoms with van der Waals surface area (Å²) in [5.74, 6) is -22.1. The third-order valence-corrected chi connectivity index (χ3v) is 15.6. The van der Waals surface area contributed by atoms with E-state index in [9.17, 15) is 71.9 Å². The van der Waals surface area contributed by atoms with Crippen molar-refractivity contribution < 1.29 is 116 Å². The first kappa shape index (κ1) is 62.9. The van der Waals surface area contributed by atoms with Crippen LogP contribution in [0.25, 0.3) is 11.0 Å². The topological polar surface area (TPSA) is 267 Å². The fourth-order valence-electron chi connectivity index (χ4n) is 9.41. The van der Waals surface area contributed by atoms with Gasteiger partial charge in [-0.1, -0.05) is 32.8 Å².